The molecule has 5 rings (SSSR count). The first-order chi connectivity index (χ1) is 16.2. The van der Waals surface area contributed by atoms with E-state index in [1.165, 1.54) is 35.7 Å². The highest BCUT2D eigenvalue weighted by molar-refractivity contribution is 8.00. The highest BCUT2D eigenvalue weighted by atomic mass is 32.2. The Bertz CT molecular complexity index is 1090. The minimum atomic E-state index is -0.241. The first-order valence-corrected chi connectivity index (χ1v) is 12.8. The van der Waals surface area contributed by atoms with Crippen LogP contribution in [0.5, 0.6) is 0 Å². The van der Waals surface area contributed by atoms with Gasteiger partial charge in [-0.1, -0.05) is 60.3 Å². The number of carbonyl (C=O) groups excluding carboxylic acids is 1. The number of likely N-dealkylation sites (tertiary alicyclic amines) is 1. The normalized spacial score (nSPS) is 17.2. The highest BCUT2D eigenvalue weighted by Gasteiger charge is 2.28. The van der Waals surface area contributed by atoms with Crippen LogP contribution in [-0.2, 0) is 24.3 Å². The predicted molar refractivity (Wildman–Crippen MR) is 133 cm³/mol. The number of carbonyl (C=O) groups is 1. The van der Waals surface area contributed by atoms with Gasteiger partial charge in [0.2, 0.25) is 5.91 Å². The molecule has 172 valence electrons. The molecule has 0 bridgehead atoms. The van der Waals surface area contributed by atoms with Crippen LogP contribution in [-0.4, -0.2) is 50.5 Å². The quantitative estimate of drug-likeness (QED) is 0.489. The van der Waals surface area contributed by atoms with Gasteiger partial charge in [0.15, 0.2) is 5.16 Å². The molecule has 7 heteroatoms. The Kier molecular flexibility index (Phi) is 6.78. The minimum absolute atomic E-state index is 0.141. The van der Waals surface area contributed by atoms with Crippen LogP contribution in [0.4, 0.5) is 5.69 Å². The van der Waals surface area contributed by atoms with E-state index < -0.39 is 0 Å². The molecule has 1 fully saturated rings. The second-order valence-electron chi connectivity index (χ2n) is 8.94. The van der Waals surface area contributed by atoms with Crippen LogP contribution >= 0.6 is 11.8 Å². The number of amides is 1. The largest absolute Gasteiger partial charge is 0.311 e. The average molecular weight is 462 g/mol. The lowest BCUT2D eigenvalue weighted by Gasteiger charge is -2.31. The maximum absolute atomic E-state index is 13.5. The summed E-state index contributed by atoms with van der Waals surface area (Å²) in [5, 5.41) is 9.68. The van der Waals surface area contributed by atoms with Crippen LogP contribution in [0.3, 0.4) is 0 Å². The van der Waals surface area contributed by atoms with Crippen molar-refractivity contribution in [3.8, 4) is 0 Å². The number of benzene rings is 2. The van der Waals surface area contributed by atoms with Crippen molar-refractivity contribution in [1.29, 1.82) is 0 Å². The second kappa shape index (κ2) is 10.1. The zero-order chi connectivity index (χ0) is 22.6. The van der Waals surface area contributed by atoms with Gasteiger partial charge in [0.1, 0.15) is 5.82 Å². The van der Waals surface area contributed by atoms with Crippen LogP contribution in [0, 0.1) is 0 Å². The van der Waals surface area contributed by atoms with Gasteiger partial charge in [-0.05, 0) is 62.9 Å². The lowest BCUT2D eigenvalue weighted by atomic mass is 10.0. The molecular weight excluding hydrogens is 430 g/mol. The van der Waals surface area contributed by atoms with Crippen molar-refractivity contribution < 1.29 is 4.79 Å². The molecule has 0 saturated carbocycles. The van der Waals surface area contributed by atoms with E-state index in [-0.39, 0.29) is 11.2 Å². The Labute approximate surface area is 200 Å². The fraction of sp³-hybridized carbons (Fsp3) is 0.423. The number of anilines is 1. The summed E-state index contributed by atoms with van der Waals surface area (Å²) in [6, 6.07) is 18.7. The van der Waals surface area contributed by atoms with E-state index in [0.29, 0.717) is 6.54 Å². The maximum Gasteiger partial charge on any atom is 0.240 e. The van der Waals surface area contributed by atoms with Gasteiger partial charge in [-0.2, -0.15) is 0 Å². The monoisotopic (exact) mass is 461 g/mol. The molecule has 0 radical (unpaired) electrons. The van der Waals surface area contributed by atoms with E-state index in [4.69, 9.17) is 0 Å². The molecule has 2 aliphatic heterocycles. The molecule has 1 atom stereocenters. The van der Waals surface area contributed by atoms with E-state index in [2.05, 4.69) is 62.1 Å². The number of hydrogen-bond donors (Lipinski definition) is 0. The van der Waals surface area contributed by atoms with E-state index >= 15 is 0 Å². The summed E-state index contributed by atoms with van der Waals surface area (Å²) in [6.07, 6.45) is 4.53. The maximum atomic E-state index is 13.5. The Morgan fingerprint density at radius 1 is 0.939 bits per heavy atom. The first kappa shape index (κ1) is 22.2. The molecule has 0 aliphatic carbocycles. The predicted octanol–water partition coefficient (Wildman–Crippen LogP) is 4.38. The van der Waals surface area contributed by atoms with Crippen LogP contribution in [0.15, 0.2) is 59.8 Å². The Balaban J connectivity index is 1.37. The number of aromatic nitrogens is 3. The standard InChI is InChI=1S/C26H31N5OS/c1-20(25(32)30-17-9-13-22-12-5-6-14-23(22)30)33-26-28-27-24(19-29-15-7-8-16-29)31(26)18-21-10-3-2-4-11-21/h2-6,10-12,14,20H,7-9,13,15-19H2,1H3. The third-order valence-electron chi connectivity index (χ3n) is 6.55. The number of para-hydroxylation sites is 1. The van der Waals surface area contributed by atoms with Gasteiger partial charge in [0, 0.05) is 12.2 Å². The zero-order valence-electron chi connectivity index (χ0n) is 19.2. The molecule has 0 spiro atoms. The van der Waals surface area contributed by atoms with Crippen molar-refractivity contribution in [1.82, 2.24) is 19.7 Å². The summed E-state index contributed by atoms with van der Waals surface area (Å²) in [5.41, 5.74) is 3.53. The summed E-state index contributed by atoms with van der Waals surface area (Å²) in [4.78, 5) is 17.9. The number of nitrogens with zero attached hydrogens (tertiary/aromatic N) is 5. The number of thioether (sulfide) groups is 1. The highest BCUT2D eigenvalue weighted by Crippen LogP contribution is 2.31. The average Bonchev–Trinajstić information content (AvgIpc) is 3.50. The zero-order valence-corrected chi connectivity index (χ0v) is 20.0. The molecule has 3 aromatic rings. The lowest BCUT2D eigenvalue weighted by molar-refractivity contribution is -0.117. The van der Waals surface area contributed by atoms with Crippen molar-refractivity contribution in [2.75, 3.05) is 24.5 Å². The molecule has 2 aliphatic rings. The summed E-state index contributed by atoms with van der Waals surface area (Å²) in [6.45, 7) is 6.52. The lowest BCUT2D eigenvalue weighted by Crippen LogP contribution is -2.40. The number of hydrogen-bond acceptors (Lipinski definition) is 5. The molecule has 3 heterocycles. The van der Waals surface area contributed by atoms with Gasteiger partial charge in [0.05, 0.1) is 18.3 Å². The molecule has 1 unspecified atom stereocenters. The first-order valence-electron chi connectivity index (χ1n) is 11.9. The van der Waals surface area contributed by atoms with Crippen LogP contribution in [0.1, 0.15) is 43.1 Å². The van der Waals surface area contributed by atoms with E-state index in [9.17, 15) is 4.79 Å². The van der Waals surface area contributed by atoms with Crippen LogP contribution < -0.4 is 4.90 Å². The van der Waals surface area contributed by atoms with Crippen molar-refractivity contribution in [2.45, 2.75) is 56.1 Å². The fourth-order valence-corrected chi connectivity index (χ4v) is 5.71. The summed E-state index contributed by atoms with van der Waals surface area (Å²) >= 11 is 1.52. The third-order valence-corrected chi connectivity index (χ3v) is 7.61. The van der Waals surface area contributed by atoms with Gasteiger partial charge in [-0.25, -0.2) is 0 Å². The number of fused-ring (bicyclic) bond motifs is 1. The molecule has 1 saturated heterocycles. The summed E-state index contributed by atoms with van der Waals surface area (Å²) < 4.78 is 2.20. The van der Waals surface area contributed by atoms with E-state index in [1.54, 1.807) is 0 Å². The smallest absolute Gasteiger partial charge is 0.240 e. The molecule has 2 aromatic carbocycles. The Morgan fingerprint density at radius 3 is 2.52 bits per heavy atom. The molecule has 1 amide bonds. The fourth-order valence-electron chi connectivity index (χ4n) is 4.78. The third kappa shape index (κ3) is 4.99. The second-order valence-corrected chi connectivity index (χ2v) is 10.2. The van der Waals surface area contributed by atoms with Crippen LogP contribution in [0.25, 0.3) is 0 Å². The molecule has 6 nitrogen and oxygen atoms in total. The SMILES string of the molecule is CC(Sc1nnc(CN2CCCC2)n1Cc1ccccc1)C(=O)N1CCCc2ccccc21. The Hall–Kier alpha value is -2.64. The number of rotatable bonds is 7. The molecule has 0 N–H and O–H groups in total. The van der Waals surface area contributed by atoms with Gasteiger partial charge >= 0.3 is 0 Å². The minimum Gasteiger partial charge on any atom is -0.311 e. The summed E-state index contributed by atoms with van der Waals surface area (Å²) in [5.74, 6) is 1.12. The van der Waals surface area contributed by atoms with Gasteiger partial charge < -0.3 is 9.47 Å². The van der Waals surface area contributed by atoms with E-state index in [1.807, 2.05) is 24.0 Å². The Morgan fingerprint density at radius 2 is 1.70 bits per heavy atom. The van der Waals surface area contributed by atoms with Crippen molar-refractivity contribution in [3.05, 3.63) is 71.5 Å². The van der Waals surface area contributed by atoms with Gasteiger partial charge in [0.25, 0.3) is 0 Å². The van der Waals surface area contributed by atoms with Crippen molar-refractivity contribution in [2.24, 2.45) is 0 Å². The van der Waals surface area contributed by atoms with Crippen molar-refractivity contribution >= 4 is 23.4 Å². The topological polar surface area (TPSA) is 54.3 Å². The van der Waals surface area contributed by atoms with Gasteiger partial charge in [-0.15, -0.1) is 10.2 Å². The van der Waals surface area contributed by atoms with Gasteiger partial charge in [-0.3, -0.25) is 9.69 Å². The molecular formula is C26H31N5OS. The molecule has 1 aromatic heterocycles. The van der Waals surface area contributed by atoms with Crippen molar-refractivity contribution in [3.63, 3.8) is 0 Å². The molecule has 33 heavy (non-hydrogen) atoms. The number of aryl methyl sites for hydroxylation is 1. The van der Waals surface area contributed by atoms with E-state index in [0.717, 1.165) is 55.7 Å². The summed E-state index contributed by atoms with van der Waals surface area (Å²) in [7, 11) is 0. The van der Waals surface area contributed by atoms with Crippen LogP contribution in [0.2, 0.25) is 0 Å².